The molecule has 0 radical (unpaired) electrons. The van der Waals surface area contributed by atoms with Crippen LogP contribution in [0.25, 0.3) is 10.2 Å². The lowest BCUT2D eigenvalue weighted by atomic mass is 10.2. The van der Waals surface area contributed by atoms with E-state index in [-0.39, 0.29) is 0 Å². The van der Waals surface area contributed by atoms with Crippen molar-refractivity contribution in [2.45, 2.75) is 32.7 Å². The zero-order valence-corrected chi connectivity index (χ0v) is 13.0. The molecule has 0 spiro atoms. The van der Waals surface area contributed by atoms with Gasteiger partial charge < -0.3 is 16.0 Å². The number of rotatable bonds is 4. The second-order valence-corrected chi connectivity index (χ2v) is 6.93. The molecule has 0 amide bonds. The molecule has 1 aromatic carbocycles. The van der Waals surface area contributed by atoms with Gasteiger partial charge in [-0.1, -0.05) is 0 Å². The molecule has 1 unspecified atom stereocenters. The molecular formula is C15H22N4S. The Kier molecular flexibility index (Phi) is 3.81. The number of nitrogens with two attached hydrogens (primary N) is 1. The summed E-state index contributed by atoms with van der Waals surface area (Å²) in [5.41, 5.74) is 9.02. The fraction of sp³-hybridized carbons (Fsp3) is 0.533. The van der Waals surface area contributed by atoms with Crippen LogP contribution in [0.3, 0.4) is 0 Å². The number of fused-ring (bicyclic) bond motifs is 1. The summed E-state index contributed by atoms with van der Waals surface area (Å²) in [7, 11) is 0. The lowest BCUT2D eigenvalue weighted by Crippen LogP contribution is -2.33. The number of aromatic nitrogens is 1. The first-order valence-electron chi connectivity index (χ1n) is 7.27. The van der Waals surface area contributed by atoms with E-state index >= 15 is 0 Å². The number of hydrogen-bond donors (Lipinski definition) is 2. The molecule has 1 saturated heterocycles. The summed E-state index contributed by atoms with van der Waals surface area (Å²) in [4.78, 5) is 7.05. The van der Waals surface area contributed by atoms with Crippen LogP contribution in [0.2, 0.25) is 0 Å². The number of hydrogen-bond acceptors (Lipinski definition) is 5. The van der Waals surface area contributed by atoms with E-state index in [1.807, 2.05) is 13.0 Å². The number of nitrogen functional groups attached to an aromatic ring is 1. The van der Waals surface area contributed by atoms with Gasteiger partial charge in [0.2, 0.25) is 0 Å². The topological polar surface area (TPSA) is 54.2 Å². The van der Waals surface area contributed by atoms with Gasteiger partial charge in [0.15, 0.2) is 0 Å². The van der Waals surface area contributed by atoms with Crippen LogP contribution >= 0.6 is 11.3 Å². The molecule has 0 bridgehead atoms. The maximum absolute atomic E-state index is 6.16. The molecule has 1 aliphatic rings. The molecule has 108 valence electrons. The van der Waals surface area contributed by atoms with Crippen LogP contribution in [0.15, 0.2) is 12.1 Å². The molecule has 5 heteroatoms. The molecule has 20 heavy (non-hydrogen) atoms. The third-order valence-electron chi connectivity index (χ3n) is 3.80. The molecule has 1 atom stereocenters. The van der Waals surface area contributed by atoms with Crippen LogP contribution in [-0.2, 0) is 0 Å². The van der Waals surface area contributed by atoms with E-state index in [1.165, 1.54) is 25.9 Å². The molecular weight excluding hydrogens is 268 g/mol. The van der Waals surface area contributed by atoms with Crippen molar-refractivity contribution in [2.75, 3.05) is 30.7 Å². The molecule has 1 fully saturated rings. The van der Waals surface area contributed by atoms with Crippen molar-refractivity contribution in [1.82, 2.24) is 9.88 Å². The Labute approximate surface area is 124 Å². The van der Waals surface area contributed by atoms with Gasteiger partial charge in [0.1, 0.15) is 0 Å². The van der Waals surface area contributed by atoms with Crippen LogP contribution < -0.4 is 11.1 Å². The standard InChI is InChI=1S/C15H22N4S/c1-10(9-19-5-3-4-6-19)17-13-8-14-15(7-12(13)16)20-11(2)18-14/h7-8,10,17H,3-6,9,16H2,1-2H3. The molecule has 2 aromatic rings. The first-order chi connectivity index (χ1) is 9.61. The van der Waals surface area contributed by atoms with Crippen LogP contribution in [0.4, 0.5) is 11.4 Å². The van der Waals surface area contributed by atoms with Gasteiger partial charge in [-0.2, -0.15) is 0 Å². The van der Waals surface area contributed by atoms with Crippen LogP contribution in [0, 0.1) is 6.92 Å². The number of benzene rings is 1. The van der Waals surface area contributed by atoms with E-state index in [0.717, 1.165) is 33.1 Å². The van der Waals surface area contributed by atoms with Crippen molar-refractivity contribution in [1.29, 1.82) is 0 Å². The average molecular weight is 290 g/mol. The fourth-order valence-electron chi connectivity index (χ4n) is 2.89. The lowest BCUT2D eigenvalue weighted by molar-refractivity contribution is 0.328. The Bertz CT molecular complexity index is 601. The van der Waals surface area contributed by atoms with E-state index in [9.17, 15) is 0 Å². The van der Waals surface area contributed by atoms with Gasteiger partial charge in [-0.05, 0) is 51.9 Å². The minimum absolute atomic E-state index is 0.396. The normalized spacial score (nSPS) is 17.7. The van der Waals surface area contributed by atoms with E-state index in [2.05, 4.69) is 28.2 Å². The maximum Gasteiger partial charge on any atom is 0.0907 e. The minimum atomic E-state index is 0.396. The summed E-state index contributed by atoms with van der Waals surface area (Å²) >= 11 is 1.69. The van der Waals surface area contributed by atoms with Crippen molar-refractivity contribution in [3.63, 3.8) is 0 Å². The third kappa shape index (κ3) is 2.88. The maximum atomic E-state index is 6.16. The van der Waals surface area contributed by atoms with Gasteiger partial charge in [0.25, 0.3) is 0 Å². The molecule has 0 saturated carbocycles. The average Bonchev–Trinajstić information content (AvgIpc) is 2.98. The Morgan fingerprint density at radius 1 is 1.40 bits per heavy atom. The highest BCUT2D eigenvalue weighted by Gasteiger charge is 2.15. The second kappa shape index (κ2) is 5.58. The monoisotopic (exact) mass is 290 g/mol. The highest BCUT2D eigenvalue weighted by atomic mass is 32.1. The van der Waals surface area contributed by atoms with Crippen LogP contribution in [0.1, 0.15) is 24.8 Å². The second-order valence-electron chi connectivity index (χ2n) is 5.69. The van der Waals surface area contributed by atoms with E-state index in [4.69, 9.17) is 5.73 Å². The zero-order valence-electron chi connectivity index (χ0n) is 12.1. The number of nitrogens with zero attached hydrogens (tertiary/aromatic N) is 2. The first kappa shape index (κ1) is 13.6. The van der Waals surface area contributed by atoms with Crippen molar-refractivity contribution >= 4 is 32.9 Å². The van der Waals surface area contributed by atoms with Crippen molar-refractivity contribution in [3.8, 4) is 0 Å². The smallest absolute Gasteiger partial charge is 0.0907 e. The molecule has 3 rings (SSSR count). The Morgan fingerprint density at radius 3 is 2.90 bits per heavy atom. The molecule has 0 aliphatic carbocycles. The summed E-state index contributed by atoms with van der Waals surface area (Å²) in [6.45, 7) is 7.78. The third-order valence-corrected chi connectivity index (χ3v) is 4.73. The van der Waals surface area contributed by atoms with Gasteiger partial charge >= 0.3 is 0 Å². The van der Waals surface area contributed by atoms with Gasteiger partial charge in [-0.3, -0.25) is 0 Å². The number of thiazole rings is 1. The lowest BCUT2D eigenvalue weighted by Gasteiger charge is -2.22. The van der Waals surface area contributed by atoms with E-state index in [0.29, 0.717) is 6.04 Å². The van der Waals surface area contributed by atoms with Gasteiger partial charge in [-0.25, -0.2) is 4.98 Å². The molecule has 1 aliphatic heterocycles. The van der Waals surface area contributed by atoms with Gasteiger partial charge in [0.05, 0.1) is 26.6 Å². The summed E-state index contributed by atoms with van der Waals surface area (Å²) in [6, 6.07) is 4.51. The molecule has 3 N–H and O–H groups in total. The number of nitrogens with one attached hydrogen (secondary N) is 1. The molecule has 4 nitrogen and oxygen atoms in total. The first-order valence-corrected chi connectivity index (χ1v) is 8.09. The van der Waals surface area contributed by atoms with Gasteiger partial charge in [-0.15, -0.1) is 11.3 Å². The number of likely N-dealkylation sites (tertiary alicyclic amines) is 1. The van der Waals surface area contributed by atoms with Gasteiger partial charge in [0, 0.05) is 12.6 Å². The summed E-state index contributed by atoms with van der Waals surface area (Å²) in [5, 5.41) is 4.62. The summed E-state index contributed by atoms with van der Waals surface area (Å²) in [5.74, 6) is 0. The molecule has 1 aromatic heterocycles. The number of anilines is 2. The predicted molar refractivity (Wildman–Crippen MR) is 87.5 cm³/mol. The van der Waals surface area contributed by atoms with Crippen molar-refractivity contribution in [2.24, 2.45) is 0 Å². The predicted octanol–water partition coefficient (Wildman–Crippen LogP) is 3.08. The highest BCUT2D eigenvalue weighted by molar-refractivity contribution is 7.18. The SMILES string of the molecule is Cc1nc2cc(NC(C)CN3CCCC3)c(N)cc2s1. The Hall–Kier alpha value is -1.33. The fourth-order valence-corrected chi connectivity index (χ4v) is 3.75. The quantitative estimate of drug-likeness (QED) is 0.850. The van der Waals surface area contributed by atoms with Crippen LogP contribution in [-0.4, -0.2) is 35.6 Å². The Morgan fingerprint density at radius 2 is 2.15 bits per heavy atom. The van der Waals surface area contributed by atoms with E-state index in [1.54, 1.807) is 11.3 Å². The van der Waals surface area contributed by atoms with E-state index < -0.39 is 0 Å². The Balaban J connectivity index is 1.73. The largest absolute Gasteiger partial charge is 0.397 e. The minimum Gasteiger partial charge on any atom is -0.397 e. The highest BCUT2D eigenvalue weighted by Crippen LogP contribution is 2.30. The summed E-state index contributed by atoms with van der Waals surface area (Å²) in [6.07, 6.45) is 2.66. The zero-order chi connectivity index (χ0) is 14.1. The van der Waals surface area contributed by atoms with Crippen molar-refractivity contribution in [3.05, 3.63) is 17.1 Å². The summed E-state index contributed by atoms with van der Waals surface area (Å²) < 4.78 is 1.16. The number of aryl methyl sites for hydroxylation is 1. The van der Waals surface area contributed by atoms with Crippen LogP contribution in [0.5, 0.6) is 0 Å². The molecule has 2 heterocycles. The van der Waals surface area contributed by atoms with Crippen molar-refractivity contribution < 1.29 is 0 Å².